The van der Waals surface area contributed by atoms with Crippen molar-refractivity contribution in [2.24, 2.45) is 0 Å². The van der Waals surface area contributed by atoms with Crippen molar-refractivity contribution in [2.75, 3.05) is 0 Å². The maximum Gasteiger partial charge on any atom is 0.121 e. The van der Waals surface area contributed by atoms with Crippen LogP contribution in [0.5, 0.6) is 0 Å². The standard InChI is InChI=1S/C13H15IN2O/c1-2-8-16-12(6-7-15-16)13(17)10-4-3-5-11(14)9-10/h3-7,9,13,17H,2,8H2,1H3. The van der Waals surface area contributed by atoms with E-state index in [0.717, 1.165) is 27.8 Å². The molecule has 1 unspecified atom stereocenters. The summed E-state index contributed by atoms with van der Waals surface area (Å²) >= 11 is 2.25. The molecule has 1 heterocycles. The van der Waals surface area contributed by atoms with E-state index in [1.807, 2.05) is 35.0 Å². The van der Waals surface area contributed by atoms with E-state index in [2.05, 4.69) is 34.6 Å². The Kier molecular flexibility index (Phi) is 4.17. The van der Waals surface area contributed by atoms with Crippen LogP contribution in [0, 0.1) is 3.57 Å². The normalized spacial score (nSPS) is 12.6. The van der Waals surface area contributed by atoms with E-state index >= 15 is 0 Å². The Morgan fingerprint density at radius 3 is 2.94 bits per heavy atom. The van der Waals surface area contributed by atoms with Gasteiger partial charge in [0.05, 0.1) is 5.69 Å². The summed E-state index contributed by atoms with van der Waals surface area (Å²) in [5.74, 6) is 0. The third-order valence-corrected chi connectivity index (χ3v) is 3.30. The van der Waals surface area contributed by atoms with Gasteiger partial charge in [0.25, 0.3) is 0 Å². The molecule has 2 aromatic rings. The molecule has 17 heavy (non-hydrogen) atoms. The van der Waals surface area contributed by atoms with Crippen molar-refractivity contribution in [2.45, 2.75) is 26.0 Å². The number of rotatable bonds is 4. The van der Waals surface area contributed by atoms with Crippen LogP contribution >= 0.6 is 22.6 Å². The molecule has 1 atom stereocenters. The molecule has 0 saturated heterocycles. The molecule has 3 nitrogen and oxygen atoms in total. The Balaban J connectivity index is 2.30. The molecule has 90 valence electrons. The second kappa shape index (κ2) is 5.64. The van der Waals surface area contributed by atoms with E-state index in [-0.39, 0.29) is 0 Å². The van der Waals surface area contributed by atoms with Crippen molar-refractivity contribution in [3.05, 3.63) is 51.4 Å². The molecule has 0 aliphatic carbocycles. The summed E-state index contributed by atoms with van der Waals surface area (Å²) in [5.41, 5.74) is 1.77. The number of hydrogen-bond acceptors (Lipinski definition) is 2. The summed E-state index contributed by atoms with van der Waals surface area (Å²) in [6, 6.07) is 9.78. The van der Waals surface area contributed by atoms with Gasteiger partial charge >= 0.3 is 0 Å². The lowest BCUT2D eigenvalue weighted by atomic mass is 10.1. The first-order chi connectivity index (χ1) is 8.22. The highest BCUT2D eigenvalue weighted by molar-refractivity contribution is 14.1. The van der Waals surface area contributed by atoms with Crippen LogP contribution in [0.4, 0.5) is 0 Å². The summed E-state index contributed by atoms with van der Waals surface area (Å²) in [7, 11) is 0. The molecule has 0 bridgehead atoms. The van der Waals surface area contributed by atoms with Gasteiger partial charge in [-0.2, -0.15) is 5.10 Å². The molecule has 0 aliphatic heterocycles. The fourth-order valence-electron chi connectivity index (χ4n) is 1.82. The number of benzene rings is 1. The number of aliphatic hydroxyl groups is 1. The molecule has 0 amide bonds. The molecule has 0 aliphatic rings. The van der Waals surface area contributed by atoms with Gasteiger partial charge in [-0.05, 0) is 52.8 Å². The van der Waals surface area contributed by atoms with Crippen LogP contribution in [0.15, 0.2) is 36.5 Å². The molecule has 4 heteroatoms. The highest BCUT2D eigenvalue weighted by Crippen LogP contribution is 2.23. The second-order valence-electron chi connectivity index (χ2n) is 3.94. The molecule has 2 rings (SSSR count). The average molecular weight is 342 g/mol. The van der Waals surface area contributed by atoms with E-state index in [1.165, 1.54) is 0 Å². The van der Waals surface area contributed by atoms with Crippen molar-refractivity contribution >= 4 is 22.6 Å². The van der Waals surface area contributed by atoms with Crippen molar-refractivity contribution < 1.29 is 5.11 Å². The third kappa shape index (κ3) is 2.87. The van der Waals surface area contributed by atoms with Crippen LogP contribution < -0.4 is 0 Å². The lowest BCUT2D eigenvalue weighted by molar-refractivity contribution is 0.207. The minimum Gasteiger partial charge on any atom is -0.382 e. The van der Waals surface area contributed by atoms with E-state index in [0.29, 0.717) is 0 Å². The zero-order chi connectivity index (χ0) is 12.3. The van der Waals surface area contributed by atoms with Gasteiger partial charge in [-0.25, -0.2) is 0 Å². The maximum absolute atomic E-state index is 10.3. The number of nitrogens with zero attached hydrogens (tertiary/aromatic N) is 2. The lowest BCUT2D eigenvalue weighted by Gasteiger charge is -2.13. The van der Waals surface area contributed by atoms with Crippen molar-refractivity contribution in [3.8, 4) is 0 Å². The van der Waals surface area contributed by atoms with Gasteiger partial charge in [-0.1, -0.05) is 19.1 Å². The molecule has 0 radical (unpaired) electrons. The third-order valence-electron chi connectivity index (χ3n) is 2.63. The van der Waals surface area contributed by atoms with E-state index in [9.17, 15) is 5.11 Å². The maximum atomic E-state index is 10.3. The van der Waals surface area contributed by atoms with Gasteiger partial charge in [0, 0.05) is 16.3 Å². The molecule has 1 aromatic heterocycles. The van der Waals surface area contributed by atoms with E-state index < -0.39 is 6.10 Å². The fraction of sp³-hybridized carbons (Fsp3) is 0.308. The first-order valence-corrected chi connectivity index (χ1v) is 6.75. The Labute approximate surface area is 115 Å². The number of aliphatic hydroxyl groups excluding tert-OH is 1. The molecular formula is C13H15IN2O. The first-order valence-electron chi connectivity index (χ1n) is 5.67. The van der Waals surface area contributed by atoms with Gasteiger partial charge in [0.1, 0.15) is 6.10 Å². The Bertz CT molecular complexity index is 496. The highest BCUT2D eigenvalue weighted by atomic mass is 127. The minimum atomic E-state index is -0.598. The van der Waals surface area contributed by atoms with Crippen molar-refractivity contribution in [3.63, 3.8) is 0 Å². The number of halogens is 1. The summed E-state index contributed by atoms with van der Waals surface area (Å²) in [4.78, 5) is 0. The molecule has 0 fully saturated rings. The quantitative estimate of drug-likeness (QED) is 0.868. The van der Waals surface area contributed by atoms with Gasteiger partial charge in [-0.15, -0.1) is 0 Å². The van der Waals surface area contributed by atoms with Crippen LogP contribution in [-0.2, 0) is 6.54 Å². The molecule has 1 N–H and O–H groups in total. The van der Waals surface area contributed by atoms with Crippen LogP contribution in [-0.4, -0.2) is 14.9 Å². The SMILES string of the molecule is CCCn1nccc1C(O)c1cccc(I)c1. The van der Waals surface area contributed by atoms with Crippen LogP contribution in [0.25, 0.3) is 0 Å². The monoisotopic (exact) mass is 342 g/mol. The zero-order valence-corrected chi connectivity index (χ0v) is 11.8. The predicted molar refractivity (Wildman–Crippen MR) is 75.7 cm³/mol. The van der Waals surface area contributed by atoms with Crippen LogP contribution in [0.1, 0.15) is 30.7 Å². The van der Waals surface area contributed by atoms with Gasteiger partial charge in [0.2, 0.25) is 0 Å². The number of aromatic nitrogens is 2. The summed E-state index contributed by atoms with van der Waals surface area (Å²) in [6.45, 7) is 2.94. The van der Waals surface area contributed by atoms with Gasteiger partial charge < -0.3 is 5.11 Å². The Hall–Kier alpha value is -0.880. The van der Waals surface area contributed by atoms with Crippen LogP contribution in [0.3, 0.4) is 0 Å². The Morgan fingerprint density at radius 2 is 2.24 bits per heavy atom. The fourth-order valence-corrected chi connectivity index (χ4v) is 2.39. The smallest absolute Gasteiger partial charge is 0.121 e. The molecular weight excluding hydrogens is 327 g/mol. The first kappa shape index (κ1) is 12.6. The number of hydrogen-bond donors (Lipinski definition) is 1. The highest BCUT2D eigenvalue weighted by Gasteiger charge is 2.15. The Morgan fingerprint density at radius 1 is 1.41 bits per heavy atom. The van der Waals surface area contributed by atoms with Crippen LogP contribution in [0.2, 0.25) is 0 Å². The zero-order valence-electron chi connectivity index (χ0n) is 9.68. The second-order valence-corrected chi connectivity index (χ2v) is 5.18. The summed E-state index contributed by atoms with van der Waals surface area (Å²) in [5, 5.41) is 14.6. The topological polar surface area (TPSA) is 38.0 Å². The predicted octanol–water partition coefficient (Wildman–Crippen LogP) is 2.98. The van der Waals surface area contributed by atoms with Gasteiger partial charge in [-0.3, -0.25) is 4.68 Å². The molecule has 0 spiro atoms. The lowest BCUT2D eigenvalue weighted by Crippen LogP contribution is -2.10. The largest absolute Gasteiger partial charge is 0.382 e. The average Bonchev–Trinajstić information content (AvgIpc) is 2.77. The van der Waals surface area contributed by atoms with Crippen molar-refractivity contribution in [1.29, 1.82) is 0 Å². The van der Waals surface area contributed by atoms with E-state index in [1.54, 1.807) is 6.20 Å². The molecule has 1 aromatic carbocycles. The van der Waals surface area contributed by atoms with Crippen molar-refractivity contribution in [1.82, 2.24) is 9.78 Å². The number of aryl methyl sites for hydroxylation is 1. The molecule has 0 saturated carbocycles. The minimum absolute atomic E-state index is 0.598. The summed E-state index contributed by atoms with van der Waals surface area (Å²) < 4.78 is 2.99. The van der Waals surface area contributed by atoms with E-state index in [4.69, 9.17) is 0 Å². The summed E-state index contributed by atoms with van der Waals surface area (Å²) in [6.07, 6.45) is 2.15. The van der Waals surface area contributed by atoms with Gasteiger partial charge in [0.15, 0.2) is 0 Å².